The standard InChI is InChI=1S/C18H13F4NO2/c1-23-9-14(10-3-6-16(19)15(7-10)18(20,21)22)13-8-11(25-2)4-5-12(13)17(23)24/h3-9H,1-2H3. The lowest BCUT2D eigenvalue weighted by molar-refractivity contribution is -0.139. The summed E-state index contributed by atoms with van der Waals surface area (Å²) in [4.78, 5) is 12.3. The van der Waals surface area contributed by atoms with E-state index in [0.29, 0.717) is 22.1 Å². The number of nitrogens with zero attached hydrogens (tertiary/aromatic N) is 1. The third kappa shape index (κ3) is 2.97. The van der Waals surface area contributed by atoms with Crippen molar-refractivity contribution in [2.75, 3.05) is 7.11 Å². The average Bonchev–Trinajstić information content (AvgIpc) is 2.57. The zero-order valence-electron chi connectivity index (χ0n) is 13.3. The largest absolute Gasteiger partial charge is 0.497 e. The molecular weight excluding hydrogens is 338 g/mol. The lowest BCUT2D eigenvalue weighted by atomic mass is 9.98. The average molecular weight is 351 g/mol. The third-order valence-electron chi connectivity index (χ3n) is 3.97. The second kappa shape index (κ2) is 5.91. The van der Waals surface area contributed by atoms with E-state index in [-0.39, 0.29) is 11.1 Å². The van der Waals surface area contributed by atoms with Crippen LogP contribution in [-0.4, -0.2) is 11.7 Å². The molecule has 7 heteroatoms. The number of halogens is 4. The summed E-state index contributed by atoms with van der Waals surface area (Å²) < 4.78 is 59.0. The molecule has 0 aliphatic rings. The first kappa shape index (κ1) is 17.0. The van der Waals surface area contributed by atoms with Crippen LogP contribution in [0.5, 0.6) is 5.75 Å². The second-order valence-corrected chi connectivity index (χ2v) is 5.56. The van der Waals surface area contributed by atoms with Crippen molar-refractivity contribution in [1.82, 2.24) is 4.57 Å². The molecule has 3 nitrogen and oxygen atoms in total. The molecule has 0 aliphatic carbocycles. The number of rotatable bonds is 2. The topological polar surface area (TPSA) is 31.2 Å². The highest BCUT2D eigenvalue weighted by Gasteiger charge is 2.34. The number of methoxy groups -OCH3 is 1. The van der Waals surface area contributed by atoms with E-state index < -0.39 is 17.6 Å². The van der Waals surface area contributed by atoms with Crippen LogP contribution in [0.25, 0.3) is 21.9 Å². The molecule has 3 aromatic rings. The lowest BCUT2D eigenvalue weighted by Crippen LogP contribution is -2.16. The van der Waals surface area contributed by atoms with E-state index in [4.69, 9.17) is 4.74 Å². The number of hydrogen-bond donors (Lipinski definition) is 0. The van der Waals surface area contributed by atoms with Crippen LogP contribution in [0.4, 0.5) is 17.6 Å². The molecule has 0 saturated carbocycles. The molecule has 0 amide bonds. The van der Waals surface area contributed by atoms with Gasteiger partial charge in [0.05, 0.1) is 12.7 Å². The Morgan fingerprint density at radius 2 is 1.76 bits per heavy atom. The van der Waals surface area contributed by atoms with Crippen molar-refractivity contribution in [3.05, 3.63) is 64.3 Å². The first-order valence-corrected chi connectivity index (χ1v) is 7.27. The number of aryl methyl sites for hydroxylation is 1. The van der Waals surface area contributed by atoms with E-state index in [2.05, 4.69) is 0 Å². The molecule has 1 heterocycles. The maximum atomic E-state index is 13.6. The van der Waals surface area contributed by atoms with Gasteiger partial charge in [-0.05, 0) is 35.9 Å². The van der Waals surface area contributed by atoms with E-state index in [1.165, 1.54) is 31.0 Å². The van der Waals surface area contributed by atoms with Gasteiger partial charge in [-0.3, -0.25) is 4.79 Å². The van der Waals surface area contributed by atoms with Gasteiger partial charge in [0.15, 0.2) is 0 Å². The molecule has 3 rings (SSSR count). The summed E-state index contributed by atoms with van der Waals surface area (Å²) in [6.45, 7) is 0. The van der Waals surface area contributed by atoms with Gasteiger partial charge in [-0.2, -0.15) is 13.2 Å². The first-order chi connectivity index (χ1) is 11.7. The molecule has 0 unspecified atom stereocenters. The van der Waals surface area contributed by atoms with Gasteiger partial charge in [0, 0.05) is 29.6 Å². The van der Waals surface area contributed by atoms with Crippen molar-refractivity contribution in [3.8, 4) is 16.9 Å². The highest BCUT2D eigenvalue weighted by atomic mass is 19.4. The Balaban J connectivity index is 2.36. The van der Waals surface area contributed by atoms with Crippen LogP contribution >= 0.6 is 0 Å². The zero-order chi connectivity index (χ0) is 18.4. The molecule has 25 heavy (non-hydrogen) atoms. The van der Waals surface area contributed by atoms with Crippen molar-refractivity contribution in [3.63, 3.8) is 0 Å². The predicted octanol–water partition coefficient (Wildman–Crippen LogP) is 4.37. The fraction of sp³-hybridized carbons (Fsp3) is 0.167. The van der Waals surface area contributed by atoms with Gasteiger partial charge >= 0.3 is 6.18 Å². The third-order valence-corrected chi connectivity index (χ3v) is 3.97. The molecule has 1 aromatic heterocycles. The molecule has 2 aromatic carbocycles. The fourth-order valence-corrected chi connectivity index (χ4v) is 2.71. The Morgan fingerprint density at radius 3 is 2.40 bits per heavy atom. The first-order valence-electron chi connectivity index (χ1n) is 7.27. The minimum Gasteiger partial charge on any atom is -0.497 e. The molecule has 0 N–H and O–H groups in total. The van der Waals surface area contributed by atoms with E-state index in [9.17, 15) is 22.4 Å². The Labute approximate surface area is 140 Å². The van der Waals surface area contributed by atoms with Crippen molar-refractivity contribution in [2.24, 2.45) is 7.05 Å². The van der Waals surface area contributed by atoms with Crippen molar-refractivity contribution >= 4 is 10.8 Å². The minimum absolute atomic E-state index is 0.155. The van der Waals surface area contributed by atoms with E-state index in [1.54, 1.807) is 18.2 Å². The normalized spacial score (nSPS) is 11.8. The summed E-state index contributed by atoms with van der Waals surface area (Å²) in [5.41, 5.74) is -1.11. The Bertz CT molecular complexity index is 1020. The Kier molecular flexibility index (Phi) is 4.02. The summed E-state index contributed by atoms with van der Waals surface area (Å²) in [6.07, 6.45) is -3.38. The van der Waals surface area contributed by atoms with Crippen molar-refractivity contribution in [1.29, 1.82) is 0 Å². The van der Waals surface area contributed by atoms with Gasteiger partial charge in [-0.15, -0.1) is 0 Å². The molecule has 0 atom stereocenters. The molecule has 0 fully saturated rings. The maximum absolute atomic E-state index is 13.6. The number of hydrogen-bond acceptors (Lipinski definition) is 2. The van der Waals surface area contributed by atoms with Crippen LogP contribution in [0.15, 0.2) is 47.4 Å². The van der Waals surface area contributed by atoms with E-state index >= 15 is 0 Å². The van der Waals surface area contributed by atoms with Crippen LogP contribution < -0.4 is 10.3 Å². The van der Waals surface area contributed by atoms with Gasteiger partial charge < -0.3 is 9.30 Å². The van der Waals surface area contributed by atoms with Gasteiger partial charge in [0.25, 0.3) is 5.56 Å². The number of alkyl halides is 3. The van der Waals surface area contributed by atoms with Crippen LogP contribution in [0.3, 0.4) is 0 Å². The van der Waals surface area contributed by atoms with Crippen LogP contribution in [0.2, 0.25) is 0 Å². The van der Waals surface area contributed by atoms with Crippen molar-refractivity contribution in [2.45, 2.75) is 6.18 Å². The Hall–Kier alpha value is -2.83. The van der Waals surface area contributed by atoms with Gasteiger partial charge in [0.2, 0.25) is 0 Å². The van der Waals surface area contributed by atoms with Crippen molar-refractivity contribution < 1.29 is 22.3 Å². The molecule has 0 aliphatic heterocycles. The highest BCUT2D eigenvalue weighted by Crippen LogP contribution is 2.36. The van der Waals surface area contributed by atoms with Crippen LogP contribution in [0, 0.1) is 5.82 Å². The van der Waals surface area contributed by atoms with Gasteiger partial charge in [-0.25, -0.2) is 4.39 Å². The highest BCUT2D eigenvalue weighted by molar-refractivity contribution is 5.96. The van der Waals surface area contributed by atoms with Gasteiger partial charge in [0.1, 0.15) is 11.6 Å². The van der Waals surface area contributed by atoms with Crippen LogP contribution in [0.1, 0.15) is 5.56 Å². The van der Waals surface area contributed by atoms with Gasteiger partial charge in [-0.1, -0.05) is 6.07 Å². The molecular formula is C18H13F4NO2. The number of pyridine rings is 1. The zero-order valence-corrected chi connectivity index (χ0v) is 13.3. The summed E-state index contributed by atoms with van der Waals surface area (Å²) in [5.74, 6) is -0.886. The fourth-order valence-electron chi connectivity index (χ4n) is 2.71. The molecule has 130 valence electrons. The summed E-state index contributed by atoms with van der Waals surface area (Å²) >= 11 is 0. The van der Waals surface area contributed by atoms with E-state index in [1.807, 2.05) is 0 Å². The van der Waals surface area contributed by atoms with Crippen LogP contribution in [-0.2, 0) is 13.2 Å². The van der Waals surface area contributed by atoms with E-state index in [0.717, 1.165) is 12.1 Å². The summed E-state index contributed by atoms with van der Waals surface area (Å²) in [6, 6.07) is 7.49. The monoisotopic (exact) mass is 351 g/mol. The lowest BCUT2D eigenvalue weighted by Gasteiger charge is -2.13. The number of aromatic nitrogens is 1. The second-order valence-electron chi connectivity index (χ2n) is 5.56. The number of ether oxygens (including phenoxy) is 1. The summed E-state index contributed by atoms with van der Waals surface area (Å²) in [5, 5.41) is 0.765. The molecule has 0 saturated heterocycles. The number of benzene rings is 2. The maximum Gasteiger partial charge on any atom is 0.419 e. The molecule has 0 bridgehead atoms. The Morgan fingerprint density at radius 1 is 1.04 bits per heavy atom. The predicted molar refractivity (Wildman–Crippen MR) is 86.1 cm³/mol. The summed E-state index contributed by atoms with van der Waals surface area (Å²) in [7, 11) is 2.95. The molecule has 0 spiro atoms. The smallest absolute Gasteiger partial charge is 0.419 e. The molecule has 0 radical (unpaired) electrons. The quantitative estimate of drug-likeness (QED) is 0.642. The minimum atomic E-state index is -4.81. The number of fused-ring (bicyclic) bond motifs is 1. The SMILES string of the molecule is COc1ccc2c(=O)n(C)cc(-c3ccc(F)c(C(F)(F)F)c3)c2c1.